The molecule has 1 unspecified atom stereocenters. The maximum Gasteiger partial charge on any atom is 0.416 e. The van der Waals surface area contributed by atoms with Crippen LogP contribution in [0.5, 0.6) is 11.5 Å². The molecule has 1 aliphatic rings. The number of aromatic nitrogens is 1. The predicted molar refractivity (Wildman–Crippen MR) is 143 cm³/mol. The molecule has 0 bridgehead atoms. The van der Waals surface area contributed by atoms with Crippen molar-refractivity contribution in [3.8, 4) is 22.6 Å². The Morgan fingerprint density at radius 2 is 1.39 bits per heavy atom. The molecule has 4 aromatic rings. The van der Waals surface area contributed by atoms with Gasteiger partial charge in [-0.1, -0.05) is 42.5 Å². The molecule has 5 rings (SSSR count). The van der Waals surface area contributed by atoms with E-state index < -0.39 is 11.7 Å². The molecule has 196 valence electrons. The number of hydrogen-bond donors (Lipinski definition) is 0. The van der Waals surface area contributed by atoms with E-state index in [2.05, 4.69) is 29.2 Å². The van der Waals surface area contributed by atoms with Gasteiger partial charge in [0.2, 0.25) is 0 Å². The van der Waals surface area contributed by atoms with Crippen LogP contribution in [0.2, 0.25) is 0 Å². The fraction of sp³-hybridized carbons (Fsp3) is 0.281. The molecular formula is C32H30F3NO2. The van der Waals surface area contributed by atoms with E-state index in [4.69, 9.17) is 9.47 Å². The van der Waals surface area contributed by atoms with Crippen molar-refractivity contribution in [1.82, 2.24) is 4.98 Å². The molecule has 38 heavy (non-hydrogen) atoms. The Kier molecular flexibility index (Phi) is 7.68. The van der Waals surface area contributed by atoms with Crippen LogP contribution < -0.4 is 9.47 Å². The average molecular weight is 518 g/mol. The van der Waals surface area contributed by atoms with Gasteiger partial charge in [-0.3, -0.25) is 4.98 Å². The smallest absolute Gasteiger partial charge is 0.416 e. The lowest BCUT2D eigenvalue weighted by Crippen LogP contribution is -2.12. The fourth-order valence-corrected chi connectivity index (χ4v) is 5.15. The van der Waals surface area contributed by atoms with E-state index in [1.54, 1.807) is 19.5 Å². The Morgan fingerprint density at radius 1 is 0.789 bits per heavy atom. The molecule has 0 spiro atoms. The topological polar surface area (TPSA) is 31.4 Å². The van der Waals surface area contributed by atoms with Gasteiger partial charge >= 0.3 is 6.18 Å². The van der Waals surface area contributed by atoms with Gasteiger partial charge in [0, 0.05) is 18.3 Å². The Bertz CT molecular complexity index is 1330. The van der Waals surface area contributed by atoms with Gasteiger partial charge < -0.3 is 9.47 Å². The molecule has 0 saturated heterocycles. The van der Waals surface area contributed by atoms with E-state index in [0.717, 1.165) is 70.7 Å². The minimum Gasteiger partial charge on any atom is -0.493 e. The van der Waals surface area contributed by atoms with Gasteiger partial charge in [0.1, 0.15) is 0 Å². The molecule has 3 aromatic carbocycles. The summed E-state index contributed by atoms with van der Waals surface area (Å²) < 4.78 is 50.7. The van der Waals surface area contributed by atoms with E-state index in [9.17, 15) is 13.2 Å². The van der Waals surface area contributed by atoms with Crippen LogP contribution in [0.25, 0.3) is 11.1 Å². The number of alkyl halides is 3. The van der Waals surface area contributed by atoms with Gasteiger partial charge in [-0.25, -0.2) is 0 Å². The van der Waals surface area contributed by atoms with Crippen LogP contribution >= 0.6 is 0 Å². The SMILES string of the molecule is COc1ccc(CC(c2ccncc2)c2ccc(-c3ccc(C(F)(F)F)cc3)cc2)cc1OC1CCCC1. The third kappa shape index (κ3) is 6.01. The summed E-state index contributed by atoms with van der Waals surface area (Å²) in [5.74, 6) is 1.58. The molecular weight excluding hydrogens is 487 g/mol. The first kappa shape index (κ1) is 25.8. The highest BCUT2D eigenvalue weighted by Gasteiger charge is 2.30. The number of ether oxygens (including phenoxy) is 2. The zero-order chi connectivity index (χ0) is 26.5. The van der Waals surface area contributed by atoms with Gasteiger partial charge in [0.15, 0.2) is 11.5 Å². The second kappa shape index (κ2) is 11.3. The molecule has 0 radical (unpaired) electrons. The Balaban J connectivity index is 1.41. The molecule has 1 aromatic heterocycles. The van der Waals surface area contributed by atoms with E-state index in [1.807, 2.05) is 30.3 Å². The number of hydrogen-bond acceptors (Lipinski definition) is 3. The summed E-state index contributed by atoms with van der Waals surface area (Å²) >= 11 is 0. The van der Waals surface area contributed by atoms with Crippen molar-refractivity contribution < 1.29 is 22.6 Å². The largest absolute Gasteiger partial charge is 0.493 e. The van der Waals surface area contributed by atoms with Crippen molar-refractivity contribution in [2.45, 2.75) is 50.3 Å². The van der Waals surface area contributed by atoms with Gasteiger partial charge in [0.25, 0.3) is 0 Å². The summed E-state index contributed by atoms with van der Waals surface area (Å²) in [5, 5.41) is 0. The second-order valence-electron chi connectivity index (χ2n) is 9.74. The van der Waals surface area contributed by atoms with Gasteiger partial charge in [-0.2, -0.15) is 13.2 Å². The van der Waals surface area contributed by atoms with Gasteiger partial charge in [0.05, 0.1) is 18.8 Å². The normalized spacial score (nSPS) is 14.8. The van der Waals surface area contributed by atoms with Crippen LogP contribution in [0.15, 0.2) is 91.3 Å². The first-order valence-electron chi connectivity index (χ1n) is 12.9. The van der Waals surface area contributed by atoms with Crippen LogP contribution in [-0.4, -0.2) is 18.2 Å². The van der Waals surface area contributed by atoms with E-state index in [-0.39, 0.29) is 12.0 Å². The number of benzene rings is 3. The monoisotopic (exact) mass is 517 g/mol. The van der Waals surface area contributed by atoms with Crippen molar-refractivity contribution in [3.05, 3.63) is 114 Å². The predicted octanol–water partition coefficient (Wildman–Crippen LogP) is 8.47. The number of rotatable bonds is 8. The van der Waals surface area contributed by atoms with Crippen LogP contribution in [0.4, 0.5) is 13.2 Å². The maximum absolute atomic E-state index is 13.0. The van der Waals surface area contributed by atoms with Crippen LogP contribution in [0, 0.1) is 0 Å². The fourth-order valence-electron chi connectivity index (χ4n) is 5.15. The summed E-state index contributed by atoms with van der Waals surface area (Å²) in [5.41, 5.74) is 4.35. The van der Waals surface area contributed by atoms with Crippen molar-refractivity contribution in [2.24, 2.45) is 0 Å². The third-order valence-corrected chi connectivity index (χ3v) is 7.23. The lowest BCUT2D eigenvalue weighted by molar-refractivity contribution is -0.137. The molecule has 0 aliphatic heterocycles. The second-order valence-corrected chi connectivity index (χ2v) is 9.74. The molecule has 1 saturated carbocycles. The van der Waals surface area contributed by atoms with Crippen LogP contribution in [0.3, 0.4) is 0 Å². The zero-order valence-electron chi connectivity index (χ0n) is 21.2. The minimum absolute atomic E-state index is 0.0624. The van der Waals surface area contributed by atoms with Crippen LogP contribution in [0.1, 0.15) is 53.9 Å². The number of nitrogens with zero attached hydrogens (tertiary/aromatic N) is 1. The van der Waals surface area contributed by atoms with E-state index in [0.29, 0.717) is 0 Å². The lowest BCUT2D eigenvalue weighted by Gasteiger charge is -2.21. The quantitative estimate of drug-likeness (QED) is 0.235. The first-order valence-corrected chi connectivity index (χ1v) is 12.9. The Labute approximate surface area is 221 Å². The van der Waals surface area contributed by atoms with Crippen molar-refractivity contribution in [3.63, 3.8) is 0 Å². The van der Waals surface area contributed by atoms with E-state index >= 15 is 0 Å². The number of methoxy groups -OCH3 is 1. The van der Waals surface area contributed by atoms with Crippen molar-refractivity contribution >= 4 is 0 Å². The molecule has 3 nitrogen and oxygen atoms in total. The molecule has 6 heteroatoms. The molecule has 1 fully saturated rings. The molecule has 1 atom stereocenters. The zero-order valence-corrected chi connectivity index (χ0v) is 21.2. The van der Waals surface area contributed by atoms with Crippen LogP contribution in [-0.2, 0) is 12.6 Å². The molecule has 0 N–H and O–H groups in total. The van der Waals surface area contributed by atoms with Crippen molar-refractivity contribution in [2.75, 3.05) is 7.11 Å². The highest BCUT2D eigenvalue weighted by molar-refractivity contribution is 5.64. The lowest BCUT2D eigenvalue weighted by atomic mass is 9.85. The van der Waals surface area contributed by atoms with E-state index in [1.165, 1.54) is 25.0 Å². The molecule has 0 amide bonds. The van der Waals surface area contributed by atoms with Gasteiger partial charge in [-0.15, -0.1) is 0 Å². The first-order chi connectivity index (χ1) is 18.4. The number of pyridine rings is 1. The third-order valence-electron chi connectivity index (χ3n) is 7.23. The summed E-state index contributed by atoms with van der Waals surface area (Å²) in [6, 6.07) is 23.5. The maximum atomic E-state index is 13.0. The number of halogens is 3. The minimum atomic E-state index is -4.34. The van der Waals surface area contributed by atoms with Crippen molar-refractivity contribution in [1.29, 1.82) is 0 Å². The Hall–Kier alpha value is -3.80. The molecule has 1 heterocycles. The van der Waals surface area contributed by atoms with Gasteiger partial charge in [-0.05, 0) is 96.3 Å². The average Bonchev–Trinajstić information content (AvgIpc) is 3.45. The summed E-state index contributed by atoms with van der Waals surface area (Å²) in [6.07, 6.45) is 4.74. The highest BCUT2D eigenvalue weighted by Crippen LogP contribution is 2.36. The molecule has 1 aliphatic carbocycles. The summed E-state index contributed by atoms with van der Waals surface area (Å²) in [7, 11) is 1.66. The standard InChI is InChI=1S/C32H30F3NO2/c1-37-30-15-6-22(21-31(30)38-28-4-2-3-5-28)20-29(26-16-18-36-19-17-26)25-9-7-23(8-10-25)24-11-13-27(14-12-24)32(33,34)35/h6-19,21,28-29H,2-5,20H2,1H3. The Morgan fingerprint density at radius 3 is 2.00 bits per heavy atom. The summed E-state index contributed by atoms with van der Waals surface area (Å²) in [4.78, 5) is 4.18. The summed E-state index contributed by atoms with van der Waals surface area (Å²) in [6.45, 7) is 0. The highest BCUT2D eigenvalue weighted by atomic mass is 19.4.